The van der Waals surface area contributed by atoms with Crippen LogP contribution in [0.2, 0.25) is 0 Å². The highest BCUT2D eigenvalue weighted by Gasteiger charge is 2.15. The third-order valence-corrected chi connectivity index (χ3v) is 8.74. The van der Waals surface area contributed by atoms with Crippen molar-refractivity contribution in [2.45, 2.75) is 42.1 Å². The first-order valence-corrected chi connectivity index (χ1v) is 17.9. The molecule has 4 rings (SSSR count). The first-order chi connectivity index (χ1) is 22.1. The van der Waals surface area contributed by atoms with Crippen molar-refractivity contribution in [2.75, 3.05) is 34.5 Å². The molecule has 0 spiro atoms. The molecule has 0 aliphatic rings. The smallest absolute Gasteiger partial charge is 0.332 e. The molecule has 0 fully saturated rings. The van der Waals surface area contributed by atoms with Crippen LogP contribution in [0.5, 0.6) is 0 Å². The lowest BCUT2D eigenvalue weighted by molar-refractivity contribution is 0.271. The molecule has 2 aromatic carbocycles. The summed E-state index contributed by atoms with van der Waals surface area (Å²) in [7, 11) is -9.56. The van der Waals surface area contributed by atoms with Crippen LogP contribution in [0.4, 0.5) is 42.7 Å². The van der Waals surface area contributed by atoms with Gasteiger partial charge in [-0.15, -0.1) is 7.77 Å². The topological polar surface area (TPSA) is 208 Å². The Morgan fingerprint density at radius 3 is 1.60 bits per heavy atom. The van der Waals surface area contributed by atoms with Crippen LogP contribution >= 0.6 is 31.9 Å². The summed E-state index contributed by atoms with van der Waals surface area (Å²) in [5.41, 5.74) is 0.656. The fourth-order valence-electron chi connectivity index (χ4n) is 3.52. The summed E-state index contributed by atoms with van der Waals surface area (Å²) in [6.07, 6.45) is 3.71. The molecular weight excluding hydrogens is 794 g/mol. The number of anilines is 6. The maximum atomic E-state index is 13.1. The third kappa shape index (κ3) is 11.9. The van der Waals surface area contributed by atoms with Crippen LogP contribution in [0.15, 0.2) is 79.7 Å². The van der Waals surface area contributed by atoms with Crippen molar-refractivity contribution < 1.29 is 34.8 Å². The SMILES string of the molecule is CC[C@H](CO)Nc1nc(Nc2cccc(S(=O)(=O)F)c2)ncc1Br.C[C@H](CO)Nc1nc(Nc2cccc(S(=O)(=O)F)c2)ncc1Br. The van der Waals surface area contributed by atoms with E-state index in [9.17, 15) is 29.7 Å². The highest BCUT2D eigenvalue weighted by molar-refractivity contribution is 9.11. The van der Waals surface area contributed by atoms with E-state index in [0.29, 0.717) is 38.4 Å². The molecule has 20 heteroatoms. The second-order valence-electron chi connectivity index (χ2n) is 9.62. The highest BCUT2D eigenvalue weighted by atomic mass is 79.9. The quantitative estimate of drug-likeness (QED) is 0.0952. The van der Waals surface area contributed by atoms with E-state index in [1.807, 2.05) is 6.92 Å². The molecule has 0 saturated heterocycles. The van der Waals surface area contributed by atoms with Gasteiger partial charge in [0.25, 0.3) is 0 Å². The van der Waals surface area contributed by atoms with Crippen molar-refractivity contribution >= 4 is 87.2 Å². The standard InChI is InChI=1S/C14H16BrFN4O3S.C13H14BrFN4O3S/c1-2-9(8-21)18-13-12(15)7-17-14(20-13)19-10-4-3-5-11(6-10)24(16,22)23;1-8(7-20)17-12-11(14)6-16-13(19-12)18-9-3-2-4-10(5-9)23(15,21)22/h3-7,9,21H,2,8H2,1H3,(H2,17,18,19,20);2-6,8,20H,7H2,1H3,(H2,16,17,18,19)/t9-;8-/m11/s1. The van der Waals surface area contributed by atoms with Gasteiger partial charge in [0.2, 0.25) is 11.9 Å². The molecular formula is C27H30Br2F2N8O6S2. The first-order valence-electron chi connectivity index (χ1n) is 13.6. The molecule has 0 unspecified atom stereocenters. The molecule has 0 bridgehead atoms. The summed E-state index contributed by atoms with van der Waals surface area (Å²) in [5, 5.41) is 30.0. The normalized spacial score (nSPS) is 12.7. The average molecular weight is 825 g/mol. The van der Waals surface area contributed by atoms with Gasteiger partial charge in [-0.3, -0.25) is 0 Å². The zero-order valence-corrected chi connectivity index (χ0v) is 29.5. The van der Waals surface area contributed by atoms with Crippen molar-refractivity contribution in [3.8, 4) is 0 Å². The van der Waals surface area contributed by atoms with Gasteiger partial charge < -0.3 is 31.5 Å². The molecule has 14 nitrogen and oxygen atoms in total. The lowest BCUT2D eigenvalue weighted by Gasteiger charge is -2.16. The molecule has 0 aliphatic heterocycles. The predicted molar refractivity (Wildman–Crippen MR) is 180 cm³/mol. The minimum Gasteiger partial charge on any atom is -0.394 e. The van der Waals surface area contributed by atoms with E-state index in [0.717, 1.165) is 24.3 Å². The molecule has 0 amide bonds. The van der Waals surface area contributed by atoms with Gasteiger partial charge in [0.05, 0.1) is 28.2 Å². The minimum atomic E-state index is -4.78. The second-order valence-corrected chi connectivity index (χ2v) is 14.0. The Balaban J connectivity index is 0.000000256. The van der Waals surface area contributed by atoms with E-state index in [2.05, 4.69) is 73.1 Å². The van der Waals surface area contributed by atoms with E-state index < -0.39 is 30.2 Å². The maximum Gasteiger partial charge on any atom is 0.332 e. The van der Waals surface area contributed by atoms with Gasteiger partial charge in [-0.25, -0.2) is 9.97 Å². The molecule has 0 radical (unpaired) electrons. The van der Waals surface area contributed by atoms with Crippen LogP contribution in [0.3, 0.4) is 0 Å². The molecule has 4 aromatic rings. The van der Waals surface area contributed by atoms with Gasteiger partial charge in [-0.1, -0.05) is 19.1 Å². The molecule has 2 atom stereocenters. The summed E-state index contributed by atoms with van der Waals surface area (Å²) < 4.78 is 71.0. The fourth-order valence-corrected chi connectivity index (χ4v) is 5.14. The van der Waals surface area contributed by atoms with Crippen molar-refractivity contribution in [1.82, 2.24) is 19.9 Å². The van der Waals surface area contributed by atoms with E-state index in [1.165, 1.54) is 24.5 Å². The summed E-state index contributed by atoms with van der Waals surface area (Å²) in [5.74, 6) is 1.32. The number of aliphatic hydroxyl groups is 2. The molecule has 0 aliphatic carbocycles. The Hall–Kier alpha value is -3.56. The van der Waals surface area contributed by atoms with E-state index in [4.69, 9.17) is 5.11 Å². The highest BCUT2D eigenvalue weighted by Crippen LogP contribution is 2.26. The number of hydrogen-bond acceptors (Lipinski definition) is 14. The average Bonchev–Trinajstić information content (AvgIpc) is 3.02. The number of hydrogen-bond donors (Lipinski definition) is 6. The number of benzene rings is 2. The van der Waals surface area contributed by atoms with Gasteiger partial charge in [0.15, 0.2) is 0 Å². The summed E-state index contributed by atoms with van der Waals surface area (Å²) in [4.78, 5) is 15.7. The van der Waals surface area contributed by atoms with Crippen molar-refractivity contribution in [3.63, 3.8) is 0 Å². The van der Waals surface area contributed by atoms with Gasteiger partial charge in [0.1, 0.15) is 21.4 Å². The lowest BCUT2D eigenvalue weighted by Crippen LogP contribution is -2.23. The van der Waals surface area contributed by atoms with Crippen molar-refractivity contribution in [3.05, 3.63) is 69.9 Å². The van der Waals surface area contributed by atoms with E-state index in [1.54, 1.807) is 19.1 Å². The maximum absolute atomic E-state index is 13.1. The summed E-state index contributed by atoms with van der Waals surface area (Å²) in [6, 6.07) is 10.2. The number of aliphatic hydroxyl groups excluding tert-OH is 2. The zero-order valence-electron chi connectivity index (χ0n) is 24.7. The Morgan fingerprint density at radius 1 is 0.766 bits per heavy atom. The number of nitrogens with one attached hydrogen (secondary N) is 4. The van der Waals surface area contributed by atoms with Crippen molar-refractivity contribution in [2.24, 2.45) is 0 Å². The molecule has 2 heterocycles. The molecule has 254 valence electrons. The van der Waals surface area contributed by atoms with Gasteiger partial charge in [-0.05, 0) is 81.6 Å². The van der Waals surface area contributed by atoms with Crippen LogP contribution < -0.4 is 21.3 Å². The molecule has 6 N–H and O–H groups in total. The predicted octanol–water partition coefficient (Wildman–Crippen LogP) is 5.26. The van der Waals surface area contributed by atoms with Gasteiger partial charge in [-0.2, -0.15) is 26.8 Å². The van der Waals surface area contributed by atoms with E-state index in [-0.39, 0.29) is 37.2 Å². The lowest BCUT2D eigenvalue weighted by atomic mass is 10.2. The van der Waals surface area contributed by atoms with Crippen LogP contribution in [0.25, 0.3) is 0 Å². The fraction of sp³-hybridized carbons (Fsp3) is 0.259. The van der Waals surface area contributed by atoms with Crippen LogP contribution in [0.1, 0.15) is 20.3 Å². The summed E-state index contributed by atoms with van der Waals surface area (Å²) in [6.45, 7) is 3.57. The Morgan fingerprint density at radius 2 is 1.21 bits per heavy atom. The Labute approximate surface area is 287 Å². The molecule has 2 aromatic heterocycles. The first kappa shape index (κ1) is 37.9. The number of halogens is 4. The third-order valence-electron chi connectivity index (χ3n) is 5.94. The second kappa shape index (κ2) is 17.0. The van der Waals surface area contributed by atoms with Gasteiger partial charge in [0, 0.05) is 29.8 Å². The van der Waals surface area contributed by atoms with Crippen LogP contribution in [-0.4, -0.2) is 72.3 Å². The van der Waals surface area contributed by atoms with Crippen molar-refractivity contribution in [1.29, 1.82) is 0 Å². The van der Waals surface area contributed by atoms with Gasteiger partial charge >= 0.3 is 20.4 Å². The molecule has 47 heavy (non-hydrogen) atoms. The summed E-state index contributed by atoms with van der Waals surface area (Å²) >= 11 is 6.60. The molecule has 0 saturated carbocycles. The van der Waals surface area contributed by atoms with E-state index >= 15 is 0 Å². The number of nitrogens with zero attached hydrogens (tertiary/aromatic N) is 4. The zero-order chi connectivity index (χ0) is 34.8. The van der Waals surface area contributed by atoms with Crippen LogP contribution in [-0.2, 0) is 20.4 Å². The Bertz CT molecular complexity index is 1890. The minimum absolute atomic E-state index is 0.0495. The largest absolute Gasteiger partial charge is 0.394 e. The number of rotatable bonds is 13. The van der Waals surface area contributed by atoms with Crippen LogP contribution in [0, 0.1) is 0 Å². The number of aromatic nitrogens is 4. The Kier molecular flexibility index (Phi) is 13.7. The monoisotopic (exact) mass is 822 g/mol.